The minimum absolute atomic E-state index is 0.387. The van der Waals surface area contributed by atoms with Crippen molar-refractivity contribution in [2.45, 2.75) is 19.3 Å². The molecule has 0 amide bonds. The van der Waals surface area contributed by atoms with Gasteiger partial charge in [-0.05, 0) is 36.1 Å². The average Bonchev–Trinajstić information content (AvgIpc) is 1.95. The maximum Gasteiger partial charge on any atom is 0.311 e. The normalized spacial score (nSPS) is 19.1. The minimum atomic E-state index is -0.778. The van der Waals surface area contributed by atoms with E-state index in [-0.39, 0.29) is 5.92 Å². The predicted molar refractivity (Wildman–Crippen MR) is 50.3 cm³/mol. The van der Waals surface area contributed by atoms with Crippen LogP contribution in [0.15, 0.2) is 12.1 Å². The Bertz CT molecular complexity index is 385. The molecule has 1 aliphatic carbocycles. The Morgan fingerprint density at radius 2 is 2.31 bits per heavy atom. The Morgan fingerprint density at radius 3 is 2.92 bits per heavy atom. The van der Waals surface area contributed by atoms with Crippen molar-refractivity contribution in [3.63, 3.8) is 0 Å². The number of carbonyl (C=O) groups is 1. The van der Waals surface area contributed by atoms with E-state index >= 15 is 0 Å². The highest BCUT2D eigenvalue weighted by atomic mass is 35.5. The number of carboxylic acids is 1. The van der Waals surface area contributed by atoms with Crippen LogP contribution in [-0.4, -0.2) is 11.1 Å². The van der Waals surface area contributed by atoms with Crippen LogP contribution in [0.4, 0.5) is 0 Å². The molecule has 1 atom stereocenters. The fourth-order valence-corrected chi connectivity index (χ4v) is 2.09. The second-order valence-electron chi connectivity index (χ2n) is 3.35. The summed E-state index contributed by atoms with van der Waals surface area (Å²) in [6.45, 7) is 1.98. The SMILES string of the molecule is Cc1ccc(Cl)c2c1CC2C(=O)O. The molecule has 0 saturated heterocycles. The zero-order valence-electron chi connectivity index (χ0n) is 7.17. The van der Waals surface area contributed by atoms with E-state index in [1.165, 1.54) is 0 Å². The third-order valence-electron chi connectivity index (χ3n) is 2.59. The van der Waals surface area contributed by atoms with Gasteiger partial charge < -0.3 is 5.11 Å². The number of halogens is 1. The summed E-state index contributed by atoms with van der Waals surface area (Å²) < 4.78 is 0. The highest BCUT2D eigenvalue weighted by molar-refractivity contribution is 6.32. The quantitative estimate of drug-likeness (QED) is 0.749. The van der Waals surface area contributed by atoms with E-state index in [9.17, 15) is 4.79 Å². The molecule has 0 bridgehead atoms. The molecule has 2 nitrogen and oxygen atoms in total. The third kappa shape index (κ3) is 1.13. The van der Waals surface area contributed by atoms with E-state index in [4.69, 9.17) is 16.7 Å². The number of fused-ring (bicyclic) bond motifs is 1. The summed E-state index contributed by atoms with van der Waals surface area (Å²) in [5.74, 6) is -1.16. The molecule has 0 saturated carbocycles. The topological polar surface area (TPSA) is 37.3 Å². The molecule has 1 aromatic carbocycles. The Hall–Kier alpha value is -1.02. The van der Waals surface area contributed by atoms with Crippen molar-refractivity contribution in [1.82, 2.24) is 0 Å². The summed E-state index contributed by atoms with van der Waals surface area (Å²) in [5, 5.41) is 9.42. The van der Waals surface area contributed by atoms with Gasteiger partial charge in [-0.25, -0.2) is 0 Å². The molecule has 0 aromatic heterocycles. The maximum atomic E-state index is 10.7. The monoisotopic (exact) mass is 196 g/mol. The molecule has 0 fully saturated rings. The van der Waals surface area contributed by atoms with Gasteiger partial charge in [-0.1, -0.05) is 17.7 Å². The molecule has 0 aliphatic heterocycles. The largest absolute Gasteiger partial charge is 0.481 e. The van der Waals surface area contributed by atoms with Gasteiger partial charge in [-0.2, -0.15) is 0 Å². The molecule has 1 unspecified atom stereocenters. The molecule has 1 aliphatic rings. The third-order valence-corrected chi connectivity index (χ3v) is 2.92. The smallest absolute Gasteiger partial charge is 0.311 e. The molecule has 1 aromatic rings. The summed E-state index contributed by atoms with van der Waals surface area (Å²) in [4.78, 5) is 10.7. The maximum absolute atomic E-state index is 10.7. The molecule has 0 heterocycles. The molecule has 68 valence electrons. The predicted octanol–water partition coefficient (Wildman–Crippen LogP) is 2.37. The van der Waals surface area contributed by atoms with Gasteiger partial charge in [0.1, 0.15) is 0 Å². The summed E-state index contributed by atoms with van der Waals surface area (Å²) >= 11 is 5.91. The average molecular weight is 197 g/mol. The van der Waals surface area contributed by atoms with Crippen molar-refractivity contribution in [2.24, 2.45) is 0 Å². The van der Waals surface area contributed by atoms with Gasteiger partial charge in [0.05, 0.1) is 5.92 Å². The number of hydrogen-bond acceptors (Lipinski definition) is 1. The van der Waals surface area contributed by atoms with Gasteiger partial charge in [-0.3, -0.25) is 4.79 Å². The van der Waals surface area contributed by atoms with Gasteiger partial charge in [0, 0.05) is 5.02 Å². The highest BCUT2D eigenvalue weighted by Gasteiger charge is 2.35. The number of aryl methyl sites for hydroxylation is 1. The zero-order chi connectivity index (χ0) is 9.59. The van der Waals surface area contributed by atoms with E-state index in [0.29, 0.717) is 11.4 Å². The lowest BCUT2D eigenvalue weighted by atomic mass is 9.75. The molecule has 0 spiro atoms. The van der Waals surface area contributed by atoms with Crippen LogP contribution in [-0.2, 0) is 11.2 Å². The van der Waals surface area contributed by atoms with Crippen LogP contribution in [0, 0.1) is 6.92 Å². The van der Waals surface area contributed by atoms with Crippen molar-refractivity contribution < 1.29 is 9.90 Å². The highest BCUT2D eigenvalue weighted by Crippen LogP contribution is 2.41. The number of aliphatic carboxylic acids is 1. The summed E-state index contributed by atoms with van der Waals surface area (Å²) in [5.41, 5.74) is 3.06. The van der Waals surface area contributed by atoms with Crippen molar-refractivity contribution in [2.75, 3.05) is 0 Å². The van der Waals surface area contributed by atoms with Crippen LogP contribution in [0.3, 0.4) is 0 Å². The van der Waals surface area contributed by atoms with Crippen LogP contribution in [0.5, 0.6) is 0 Å². The molecule has 3 heteroatoms. The first kappa shape index (κ1) is 8.57. The second-order valence-corrected chi connectivity index (χ2v) is 3.76. The molecule has 2 rings (SSSR count). The number of carboxylic acid groups (broad SMARTS) is 1. The Balaban J connectivity index is 2.51. The second kappa shape index (κ2) is 2.74. The van der Waals surface area contributed by atoms with E-state index in [2.05, 4.69) is 0 Å². The van der Waals surface area contributed by atoms with Crippen LogP contribution in [0.25, 0.3) is 0 Å². The summed E-state index contributed by atoms with van der Waals surface area (Å²) in [6.07, 6.45) is 0.622. The molecule has 0 radical (unpaired) electrons. The van der Waals surface area contributed by atoms with Gasteiger partial charge in [-0.15, -0.1) is 0 Å². The van der Waals surface area contributed by atoms with Crippen molar-refractivity contribution in [3.05, 3.63) is 33.8 Å². The standard InChI is InChI=1S/C10H9ClO2/c1-5-2-3-8(11)9-6(5)4-7(9)10(12)13/h2-3,7H,4H2,1H3,(H,12,13). The lowest BCUT2D eigenvalue weighted by Gasteiger charge is -2.29. The van der Waals surface area contributed by atoms with Crippen molar-refractivity contribution in [3.8, 4) is 0 Å². The van der Waals surface area contributed by atoms with Crippen molar-refractivity contribution >= 4 is 17.6 Å². The fourth-order valence-electron chi connectivity index (χ4n) is 1.78. The Labute approximate surface area is 81.1 Å². The number of hydrogen-bond donors (Lipinski definition) is 1. The lowest BCUT2D eigenvalue weighted by molar-refractivity contribution is -0.139. The molecular formula is C10H9ClO2. The van der Waals surface area contributed by atoms with Crippen LogP contribution >= 0.6 is 11.6 Å². The minimum Gasteiger partial charge on any atom is -0.481 e. The molecule has 13 heavy (non-hydrogen) atoms. The van der Waals surface area contributed by atoms with Gasteiger partial charge in [0.15, 0.2) is 0 Å². The lowest BCUT2D eigenvalue weighted by Crippen LogP contribution is -2.26. The van der Waals surface area contributed by atoms with Gasteiger partial charge >= 0.3 is 5.97 Å². The van der Waals surface area contributed by atoms with Gasteiger partial charge in [0.25, 0.3) is 0 Å². The summed E-state index contributed by atoms with van der Waals surface area (Å²) in [7, 11) is 0. The zero-order valence-corrected chi connectivity index (χ0v) is 7.93. The fraction of sp³-hybridized carbons (Fsp3) is 0.300. The van der Waals surface area contributed by atoms with E-state index in [1.54, 1.807) is 6.07 Å². The first-order valence-corrected chi connectivity index (χ1v) is 4.49. The summed E-state index contributed by atoms with van der Waals surface area (Å²) in [6, 6.07) is 3.70. The number of benzene rings is 1. The molecular weight excluding hydrogens is 188 g/mol. The molecule has 1 N–H and O–H groups in total. The van der Waals surface area contributed by atoms with Gasteiger partial charge in [0.2, 0.25) is 0 Å². The van der Waals surface area contributed by atoms with E-state index in [1.807, 2.05) is 13.0 Å². The van der Waals surface area contributed by atoms with Crippen molar-refractivity contribution in [1.29, 1.82) is 0 Å². The van der Waals surface area contributed by atoms with E-state index in [0.717, 1.165) is 16.7 Å². The van der Waals surface area contributed by atoms with Crippen LogP contribution < -0.4 is 0 Å². The van der Waals surface area contributed by atoms with E-state index < -0.39 is 5.97 Å². The first-order valence-electron chi connectivity index (χ1n) is 4.12. The van der Waals surface area contributed by atoms with Crippen LogP contribution in [0.1, 0.15) is 22.6 Å². The Morgan fingerprint density at radius 1 is 1.62 bits per heavy atom. The first-order chi connectivity index (χ1) is 6.11. The Kier molecular flexibility index (Phi) is 1.81. The van der Waals surface area contributed by atoms with Crippen LogP contribution in [0.2, 0.25) is 5.02 Å². The number of rotatable bonds is 1.